The van der Waals surface area contributed by atoms with Gasteiger partial charge in [-0.15, -0.1) is 0 Å². The summed E-state index contributed by atoms with van der Waals surface area (Å²) in [5.74, 6) is 0.317. The molecule has 3 nitrogen and oxygen atoms in total. The summed E-state index contributed by atoms with van der Waals surface area (Å²) in [6, 6.07) is 8.28. The molecule has 0 amide bonds. The van der Waals surface area contributed by atoms with E-state index < -0.39 is 7.32 Å². The topological polar surface area (TPSA) is 55.3 Å². The summed E-state index contributed by atoms with van der Waals surface area (Å²) in [7, 11) is -2.23. The van der Waals surface area contributed by atoms with E-state index in [1.54, 1.807) is 30.3 Å². The molecule has 1 rings (SSSR count). The fourth-order valence-corrected chi connectivity index (χ4v) is 0.610. The summed E-state index contributed by atoms with van der Waals surface area (Å²) in [6.45, 7) is 0. The molecule has 52 valence electrons. The van der Waals surface area contributed by atoms with Gasteiger partial charge in [-0.1, -0.05) is 18.2 Å². The van der Waals surface area contributed by atoms with E-state index in [2.05, 4.69) is 4.65 Å². The summed E-state index contributed by atoms with van der Waals surface area (Å²) < 4.78 is 4.30. The molecule has 0 atom stereocenters. The van der Waals surface area contributed by atoms with Crippen molar-refractivity contribution in [2.45, 2.75) is 0 Å². The largest absolute Gasteiger partial charge is 1.00 e. The van der Waals surface area contributed by atoms with Crippen molar-refractivity contribution in [2.75, 3.05) is 0 Å². The van der Waals surface area contributed by atoms with Gasteiger partial charge in [0.15, 0.2) is 0 Å². The second-order valence-corrected chi connectivity index (χ2v) is 1.72. The van der Waals surface area contributed by atoms with E-state index in [0.717, 1.165) is 0 Å². The van der Waals surface area contributed by atoms with Crippen LogP contribution in [0.15, 0.2) is 30.3 Å². The Kier molecular flexibility index (Phi) is 9.60. The molecule has 6 heteroatoms. The third-order valence-corrected chi connectivity index (χ3v) is 0.976. The quantitative estimate of drug-likeness (QED) is 0.393. The van der Waals surface area contributed by atoms with E-state index in [1.807, 2.05) is 0 Å². The van der Waals surface area contributed by atoms with E-state index in [4.69, 9.17) is 0 Å². The van der Waals surface area contributed by atoms with Crippen molar-refractivity contribution in [3.05, 3.63) is 30.3 Å². The summed E-state index contributed by atoms with van der Waals surface area (Å²) in [6.07, 6.45) is 0. The molecule has 0 radical (unpaired) electrons. The van der Waals surface area contributed by atoms with Crippen LogP contribution in [-0.4, -0.2) is 7.32 Å². The predicted octanol–water partition coefficient (Wildman–Crippen LogP) is -7.22. The molecule has 0 aliphatic heterocycles. The van der Waals surface area contributed by atoms with Gasteiger partial charge >= 0.3 is 37.7 Å². The van der Waals surface area contributed by atoms with Crippen LogP contribution in [0, 0.1) is 0 Å². The van der Waals surface area contributed by atoms with Crippen LogP contribution in [0.25, 0.3) is 0 Å². The first-order valence-corrected chi connectivity index (χ1v) is 2.82. The van der Waals surface area contributed by atoms with Gasteiger partial charge in [-0.25, -0.2) is 0 Å². The van der Waals surface area contributed by atoms with Crippen molar-refractivity contribution in [3.63, 3.8) is 0 Å². The van der Waals surface area contributed by atoms with E-state index in [-0.39, 0.29) is 37.7 Å². The van der Waals surface area contributed by atoms with Crippen LogP contribution >= 0.6 is 0 Å². The van der Waals surface area contributed by atoms with Gasteiger partial charge in [0.2, 0.25) is 0 Å². The van der Waals surface area contributed by atoms with E-state index in [9.17, 15) is 10.0 Å². The van der Waals surface area contributed by atoms with Crippen LogP contribution in [0.4, 0.5) is 0 Å². The molecule has 1 aromatic rings. The predicted molar refractivity (Wildman–Crippen MR) is 32.8 cm³/mol. The third kappa shape index (κ3) is 5.80. The summed E-state index contributed by atoms with van der Waals surface area (Å²) >= 11 is 0. The molecule has 0 aliphatic carbocycles. The van der Waals surface area contributed by atoms with Crippen molar-refractivity contribution in [1.82, 2.24) is 0 Å². The van der Waals surface area contributed by atoms with Crippen LogP contribution < -0.4 is 52.4 Å². The summed E-state index contributed by atoms with van der Waals surface area (Å²) in [5.41, 5.74) is 0. The van der Waals surface area contributed by atoms with Crippen LogP contribution in [0.1, 0.15) is 0 Å². The molecule has 0 bridgehead atoms. The number of hydrogen-bond acceptors (Lipinski definition) is 3. The van der Waals surface area contributed by atoms with E-state index >= 15 is 0 Å². The molecule has 0 saturated heterocycles. The monoisotopic (exact) mass is 150 g/mol. The minimum atomic E-state index is -2.23. The van der Waals surface area contributed by atoms with E-state index in [1.165, 1.54) is 0 Å². The molecule has 0 aliphatic rings. The van der Waals surface area contributed by atoms with Crippen LogP contribution in [0.2, 0.25) is 0 Å². The van der Waals surface area contributed by atoms with Crippen molar-refractivity contribution in [2.24, 2.45) is 0 Å². The molecule has 0 aromatic heterocycles. The molecule has 0 N–H and O–H groups in total. The minimum Gasteiger partial charge on any atom is -0.860 e. The van der Waals surface area contributed by atoms with Crippen molar-refractivity contribution in [1.29, 1.82) is 0 Å². The minimum absolute atomic E-state index is 0. The summed E-state index contributed by atoms with van der Waals surface area (Å²) in [5, 5.41) is 19.8. The Hall–Kier alpha value is 0.200. The Morgan fingerprint density at radius 1 is 1.00 bits per heavy atom. The molecule has 1 aromatic carbocycles. The Morgan fingerprint density at radius 2 is 1.50 bits per heavy atom. The third-order valence-electron chi connectivity index (χ3n) is 0.976. The van der Waals surface area contributed by atoms with Gasteiger partial charge in [0.1, 0.15) is 7.32 Å². The number of para-hydroxylation sites is 1. The molecular formula is C6H5BLi2O3. The second-order valence-electron chi connectivity index (χ2n) is 1.72. The van der Waals surface area contributed by atoms with Gasteiger partial charge in [-0.2, -0.15) is 0 Å². The van der Waals surface area contributed by atoms with Gasteiger partial charge < -0.3 is 14.7 Å². The maximum absolute atomic E-state index is 9.92. The van der Waals surface area contributed by atoms with Crippen LogP contribution in [0.3, 0.4) is 0 Å². The molecule has 0 unspecified atom stereocenters. The Morgan fingerprint density at radius 3 is 1.92 bits per heavy atom. The average molecular weight is 150 g/mol. The Bertz CT molecular complexity index is 195. The normalized spacial score (nSPS) is 7.50. The Labute approximate surface area is 95.7 Å². The maximum atomic E-state index is 9.92. The van der Waals surface area contributed by atoms with Crippen LogP contribution in [-0.2, 0) is 0 Å². The zero-order valence-electron chi connectivity index (χ0n) is 7.19. The van der Waals surface area contributed by atoms with Gasteiger partial charge in [-0.05, 0) is 12.1 Å². The zero-order valence-corrected chi connectivity index (χ0v) is 7.19. The fraction of sp³-hybridized carbons (Fsp3) is 0. The Balaban J connectivity index is 0. The smallest absolute Gasteiger partial charge is 0.860 e. The van der Waals surface area contributed by atoms with E-state index in [0.29, 0.717) is 5.75 Å². The van der Waals surface area contributed by atoms with Crippen molar-refractivity contribution in [3.8, 4) is 5.75 Å². The molecule has 0 fully saturated rings. The average Bonchev–Trinajstić information content (AvgIpc) is 1.88. The first-order valence-electron chi connectivity index (χ1n) is 2.82. The van der Waals surface area contributed by atoms with Gasteiger partial charge in [0.05, 0.1) is 5.75 Å². The maximum Gasteiger partial charge on any atom is 1.00 e. The number of hydrogen-bond donors (Lipinski definition) is 0. The van der Waals surface area contributed by atoms with Gasteiger partial charge in [0, 0.05) is 0 Å². The van der Waals surface area contributed by atoms with Crippen molar-refractivity contribution < 1.29 is 52.4 Å². The molecule has 0 heterocycles. The molecule has 0 saturated carbocycles. The molecule has 0 spiro atoms. The SMILES string of the molecule is [Li+].[Li+].[O-]B([O-])Oc1ccccc1. The van der Waals surface area contributed by atoms with Gasteiger partial charge in [-0.3, -0.25) is 0 Å². The standard InChI is InChI=1S/C6H5BO3.2Li/c8-7(9)10-6-4-2-1-3-5-6;;/h1-5H;;/q-2;2*+1. The number of rotatable bonds is 2. The molecule has 12 heavy (non-hydrogen) atoms. The fourth-order valence-electron chi connectivity index (χ4n) is 0.610. The summed E-state index contributed by atoms with van der Waals surface area (Å²) in [4.78, 5) is 0. The first-order chi connectivity index (χ1) is 4.79. The second kappa shape index (κ2) is 7.83. The molecular weight excluding hydrogens is 145 g/mol. The zero-order chi connectivity index (χ0) is 7.40. The van der Waals surface area contributed by atoms with Gasteiger partial charge in [0.25, 0.3) is 0 Å². The van der Waals surface area contributed by atoms with Crippen molar-refractivity contribution >= 4 is 7.32 Å². The number of benzene rings is 1. The first kappa shape index (κ1) is 14.7. The van der Waals surface area contributed by atoms with Crippen LogP contribution in [0.5, 0.6) is 5.75 Å².